The molecule has 0 aliphatic rings. The second kappa shape index (κ2) is 55.2. The zero-order chi connectivity index (χ0) is 47.9. The number of carbonyl (C=O) groups excluding carboxylic acids is 3. The first-order chi connectivity index (χ1) is 32.5. The predicted molar refractivity (Wildman–Crippen MR) is 284 cm³/mol. The first-order valence-electron chi connectivity index (χ1n) is 29.0. The molecular formula is C60H110O6. The maximum atomic E-state index is 12.9. The summed E-state index contributed by atoms with van der Waals surface area (Å²) in [6.07, 6.45) is 65.6. The fourth-order valence-corrected chi connectivity index (χ4v) is 8.51. The van der Waals surface area contributed by atoms with E-state index in [0.717, 1.165) is 83.5 Å². The van der Waals surface area contributed by atoms with Gasteiger partial charge in [0, 0.05) is 19.3 Å². The van der Waals surface area contributed by atoms with Crippen LogP contribution < -0.4 is 0 Å². The SMILES string of the molecule is CCCCC/C=C\C/C=C\C/C=C\CCCCCCC(=O)OC[C@@H](COC(=O)CCCCCCCCCCCCCCCC)OC(=O)CCCCCCCCCCCCCCCCCCC. The van der Waals surface area contributed by atoms with Crippen LogP contribution in [0.3, 0.4) is 0 Å². The van der Waals surface area contributed by atoms with Gasteiger partial charge in [0.1, 0.15) is 13.2 Å². The Bertz CT molecular complexity index is 1110. The normalized spacial score (nSPS) is 12.2. The average molecular weight is 928 g/mol. The third kappa shape index (κ3) is 52.6. The molecule has 0 saturated carbocycles. The van der Waals surface area contributed by atoms with Crippen LogP contribution in [-0.4, -0.2) is 37.2 Å². The number of ether oxygens (including phenoxy) is 3. The molecule has 0 saturated heterocycles. The Labute approximate surface area is 410 Å². The van der Waals surface area contributed by atoms with Crippen molar-refractivity contribution in [2.24, 2.45) is 0 Å². The first-order valence-corrected chi connectivity index (χ1v) is 29.0. The monoisotopic (exact) mass is 927 g/mol. The van der Waals surface area contributed by atoms with Gasteiger partial charge in [0.05, 0.1) is 0 Å². The molecular weight excluding hydrogens is 817 g/mol. The van der Waals surface area contributed by atoms with Gasteiger partial charge in [0.15, 0.2) is 6.10 Å². The summed E-state index contributed by atoms with van der Waals surface area (Å²) in [5, 5.41) is 0. The molecule has 0 unspecified atom stereocenters. The predicted octanol–water partition coefficient (Wildman–Crippen LogP) is 19.3. The second-order valence-electron chi connectivity index (χ2n) is 19.6. The van der Waals surface area contributed by atoms with E-state index in [-0.39, 0.29) is 31.1 Å². The summed E-state index contributed by atoms with van der Waals surface area (Å²) in [6.45, 7) is 6.64. The Kier molecular flexibility index (Phi) is 53.2. The van der Waals surface area contributed by atoms with Gasteiger partial charge in [0.25, 0.3) is 0 Å². The van der Waals surface area contributed by atoms with Crippen molar-refractivity contribution in [2.45, 2.75) is 316 Å². The molecule has 0 amide bonds. The van der Waals surface area contributed by atoms with Crippen molar-refractivity contribution in [3.63, 3.8) is 0 Å². The van der Waals surface area contributed by atoms with E-state index >= 15 is 0 Å². The van der Waals surface area contributed by atoms with Crippen molar-refractivity contribution in [1.29, 1.82) is 0 Å². The molecule has 1 atom stereocenters. The molecule has 0 spiro atoms. The van der Waals surface area contributed by atoms with Crippen LogP contribution in [0.5, 0.6) is 0 Å². The third-order valence-electron chi connectivity index (χ3n) is 12.9. The summed E-state index contributed by atoms with van der Waals surface area (Å²) in [5.41, 5.74) is 0. The number of carbonyl (C=O) groups is 3. The quantitative estimate of drug-likeness (QED) is 0.0262. The van der Waals surface area contributed by atoms with Gasteiger partial charge in [-0.05, 0) is 57.8 Å². The average Bonchev–Trinajstić information content (AvgIpc) is 3.31. The minimum atomic E-state index is -0.777. The number of allylic oxidation sites excluding steroid dienone is 6. The number of hydrogen-bond acceptors (Lipinski definition) is 6. The fraction of sp³-hybridized carbons (Fsp3) is 0.850. The molecule has 0 aliphatic carbocycles. The molecule has 0 aromatic carbocycles. The summed E-state index contributed by atoms with van der Waals surface area (Å²) in [6, 6.07) is 0. The molecule has 66 heavy (non-hydrogen) atoms. The Balaban J connectivity index is 4.37. The van der Waals surface area contributed by atoms with Crippen LogP contribution in [-0.2, 0) is 28.6 Å². The number of esters is 3. The molecule has 386 valence electrons. The molecule has 0 aromatic heterocycles. The molecule has 0 N–H and O–H groups in total. The minimum Gasteiger partial charge on any atom is -0.462 e. The summed E-state index contributed by atoms with van der Waals surface area (Å²) < 4.78 is 16.9. The first kappa shape index (κ1) is 63.6. The zero-order valence-electron chi connectivity index (χ0n) is 44.2. The Morgan fingerprint density at radius 1 is 0.303 bits per heavy atom. The van der Waals surface area contributed by atoms with E-state index < -0.39 is 6.10 Å². The smallest absolute Gasteiger partial charge is 0.306 e. The molecule has 6 heteroatoms. The highest BCUT2D eigenvalue weighted by Crippen LogP contribution is 2.17. The maximum absolute atomic E-state index is 12.9. The lowest BCUT2D eigenvalue weighted by Crippen LogP contribution is -2.30. The lowest BCUT2D eigenvalue weighted by molar-refractivity contribution is -0.167. The van der Waals surface area contributed by atoms with Gasteiger partial charge in [-0.2, -0.15) is 0 Å². The van der Waals surface area contributed by atoms with Crippen LogP contribution in [0.25, 0.3) is 0 Å². The Hall–Kier alpha value is -2.37. The van der Waals surface area contributed by atoms with Crippen LogP contribution >= 0.6 is 0 Å². The van der Waals surface area contributed by atoms with Crippen LogP contribution in [0.2, 0.25) is 0 Å². The van der Waals surface area contributed by atoms with E-state index in [9.17, 15) is 14.4 Å². The van der Waals surface area contributed by atoms with Crippen LogP contribution in [0.1, 0.15) is 310 Å². The standard InChI is InChI=1S/C60H110O6/c1-4-7-10-13-16-19-22-25-28-30-32-35-38-41-44-47-50-53-59(62)65-56-57(55-64-58(61)52-49-46-43-40-37-34-27-24-21-18-15-12-9-6-3)66-60(63)54-51-48-45-42-39-36-33-31-29-26-23-20-17-14-11-8-5-2/h16,19,25,28,32,35,57H,4-15,17-18,20-24,26-27,29-31,33-34,36-56H2,1-3H3/b19-16-,28-25-,35-32-/t57-/m1/s1. The van der Waals surface area contributed by atoms with E-state index in [2.05, 4.69) is 57.2 Å². The van der Waals surface area contributed by atoms with Crippen LogP contribution in [0.4, 0.5) is 0 Å². The van der Waals surface area contributed by atoms with Crippen molar-refractivity contribution in [1.82, 2.24) is 0 Å². The van der Waals surface area contributed by atoms with Gasteiger partial charge in [-0.15, -0.1) is 0 Å². The topological polar surface area (TPSA) is 78.9 Å². The summed E-state index contributed by atoms with van der Waals surface area (Å²) >= 11 is 0. The molecule has 0 aromatic rings. The van der Waals surface area contributed by atoms with Crippen molar-refractivity contribution < 1.29 is 28.6 Å². The van der Waals surface area contributed by atoms with E-state index in [0.29, 0.717) is 19.3 Å². The Morgan fingerprint density at radius 3 is 0.879 bits per heavy atom. The summed E-state index contributed by atoms with van der Waals surface area (Å²) in [4.78, 5) is 38.1. The molecule has 0 radical (unpaired) electrons. The highest BCUT2D eigenvalue weighted by molar-refractivity contribution is 5.71. The number of rotatable bonds is 53. The van der Waals surface area contributed by atoms with E-state index in [4.69, 9.17) is 14.2 Å². The molecule has 0 bridgehead atoms. The lowest BCUT2D eigenvalue weighted by atomic mass is 10.0. The number of hydrogen-bond donors (Lipinski definition) is 0. The molecule has 0 heterocycles. The van der Waals surface area contributed by atoms with Crippen molar-refractivity contribution in [3.05, 3.63) is 36.5 Å². The third-order valence-corrected chi connectivity index (χ3v) is 12.9. The molecule has 0 aliphatic heterocycles. The lowest BCUT2D eigenvalue weighted by Gasteiger charge is -2.18. The maximum Gasteiger partial charge on any atom is 0.306 e. The van der Waals surface area contributed by atoms with Gasteiger partial charge in [-0.25, -0.2) is 0 Å². The fourth-order valence-electron chi connectivity index (χ4n) is 8.51. The molecule has 0 rings (SSSR count). The van der Waals surface area contributed by atoms with E-state index in [1.165, 1.54) is 186 Å². The van der Waals surface area contributed by atoms with Crippen LogP contribution in [0, 0.1) is 0 Å². The van der Waals surface area contributed by atoms with Crippen molar-refractivity contribution >= 4 is 17.9 Å². The van der Waals surface area contributed by atoms with Gasteiger partial charge in [-0.3, -0.25) is 14.4 Å². The van der Waals surface area contributed by atoms with Gasteiger partial charge < -0.3 is 14.2 Å². The van der Waals surface area contributed by atoms with Gasteiger partial charge >= 0.3 is 17.9 Å². The second-order valence-corrected chi connectivity index (χ2v) is 19.6. The van der Waals surface area contributed by atoms with Crippen molar-refractivity contribution in [2.75, 3.05) is 13.2 Å². The Morgan fingerprint density at radius 2 is 0.545 bits per heavy atom. The minimum absolute atomic E-state index is 0.0744. The van der Waals surface area contributed by atoms with E-state index in [1.54, 1.807) is 0 Å². The number of unbranched alkanes of at least 4 members (excludes halogenated alkanes) is 36. The van der Waals surface area contributed by atoms with Gasteiger partial charge in [-0.1, -0.05) is 269 Å². The summed E-state index contributed by atoms with van der Waals surface area (Å²) in [7, 11) is 0. The highest BCUT2D eigenvalue weighted by atomic mass is 16.6. The van der Waals surface area contributed by atoms with Gasteiger partial charge in [0.2, 0.25) is 0 Å². The molecule has 0 fully saturated rings. The van der Waals surface area contributed by atoms with Crippen molar-refractivity contribution in [3.8, 4) is 0 Å². The molecule has 6 nitrogen and oxygen atoms in total. The van der Waals surface area contributed by atoms with E-state index in [1.807, 2.05) is 0 Å². The van der Waals surface area contributed by atoms with Crippen LogP contribution in [0.15, 0.2) is 36.5 Å². The zero-order valence-corrected chi connectivity index (χ0v) is 44.2. The highest BCUT2D eigenvalue weighted by Gasteiger charge is 2.19. The largest absolute Gasteiger partial charge is 0.462 e. The summed E-state index contributed by atoms with van der Waals surface area (Å²) in [5.74, 6) is -0.877.